The number of hydrogen-bond acceptors (Lipinski definition) is 2. The van der Waals surface area contributed by atoms with Crippen molar-refractivity contribution in [3.05, 3.63) is 0 Å². The molecule has 0 saturated heterocycles. The predicted octanol–water partition coefficient (Wildman–Crippen LogP) is 8.23. The van der Waals surface area contributed by atoms with E-state index in [9.17, 15) is 19.8 Å². The normalized spacial score (nSPS) is 23.9. The summed E-state index contributed by atoms with van der Waals surface area (Å²) in [6.07, 6.45) is 19.4. The maximum Gasteiger partial charge on any atom is 0.310 e. The Labute approximate surface area is 191 Å². The van der Waals surface area contributed by atoms with E-state index in [2.05, 4.69) is 13.8 Å². The van der Waals surface area contributed by atoms with Gasteiger partial charge in [0.2, 0.25) is 0 Å². The second kappa shape index (κ2) is 14.9. The molecule has 182 valence electrons. The van der Waals surface area contributed by atoms with Gasteiger partial charge in [-0.2, -0.15) is 0 Å². The third-order valence-electron chi connectivity index (χ3n) is 7.75. The Morgan fingerprint density at radius 1 is 0.677 bits per heavy atom. The average molecular weight is 439 g/mol. The van der Waals surface area contributed by atoms with Gasteiger partial charge in [0.15, 0.2) is 0 Å². The van der Waals surface area contributed by atoms with Crippen LogP contribution < -0.4 is 0 Å². The Balaban J connectivity index is 2.31. The maximum atomic E-state index is 12.4. The molecule has 0 bridgehead atoms. The zero-order valence-electron chi connectivity index (χ0n) is 20.7. The molecule has 1 rings (SSSR count). The smallest absolute Gasteiger partial charge is 0.310 e. The van der Waals surface area contributed by atoms with E-state index in [0.717, 1.165) is 44.4 Å². The topological polar surface area (TPSA) is 74.6 Å². The molecule has 31 heavy (non-hydrogen) atoms. The van der Waals surface area contributed by atoms with Crippen LogP contribution in [0.15, 0.2) is 0 Å². The molecule has 1 aliphatic rings. The van der Waals surface area contributed by atoms with Crippen molar-refractivity contribution in [3.8, 4) is 0 Å². The molecule has 4 heteroatoms. The van der Waals surface area contributed by atoms with E-state index < -0.39 is 22.8 Å². The Morgan fingerprint density at radius 2 is 1.06 bits per heavy atom. The zero-order valence-corrected chi connectivity index (χ0v) is 20.7. The van der Waals surface area contributed by atoms with Gasteiger partial charge < -0.3 is 10.2 Å². The van der Waals surface area contributed by atoms with Crippen LogP contribution in [-0.2, 0) is 9.59 Å². The predicted molar refractivity (Wildman–Crippen MR) is 128 cm³/mol. The molecule has 2 atom stereocenters. The molecule has 1 aliphatic carbocycles. The number of carbonyl (C=O) groups is 2. The van der Waals surface area contributed by atoms with Gasteiger partial charge in [-0.15, -0.1) is 0 Å². The van der Waals surface area contributed by atoms with Crippen LogP contribution in [0.25, 0.3) is 0 Å². The number of carboxylic acid groups (broad SMARTS) is 2. The monoisotopic (exact) mass is 438 g/mol. The van der Waals surface area contributed by atoms with Crippen LogP contribution in [0.1, 0.15) is 143 Å². The van der Waals surface area contributed by atoms with Gasteiger partial charge in [0.1, 0.15) is 0 Å². The first-order valence-electron chi connectivity index (χ1n) is 13.3. The van der Waals surface area contributed by atoms with E-state index in [1.807, 2.05) is 6.92 Å². The first-order chi connectivity index (χ1) is 14.8. The first kappa shape index (κ1) is 28.0. The van der Waals surface area contributed by atoms with Gasteiger partial charge in [0.05, 0.1) is 10.8 Å². The number of unbranched alkanes of at least 4 members (excludes halogenated alkanes) is 10. The molecule has 2 N–H and O–H groups in total. The fourth-order valence-corrected chi connectivity index (χ4v) is 5.89. The zero-order chi connectivity index (χ0) is 23.2. The van der Waals surface area contributed by atoms with Crippen LogP contribution >= 0.6 is 0 Å². The van der Waals surface area contributed by atoms with Crippen molar-refractivity contribution in [2.24, 2.45) is 16.7 Å². The molecule has 0 aromatic heterocycles. The molecular weight excluding hydrogens is 388 g/mol. The molecule has 1 saturated carbocycles. The van der Waals surface area contributed by atoms with E-state index in [4.69, 9.17) is 0 Å². The van der Waals surface area contributed by atoms with Gasteiger partial charge in [-0.3, -0.25) is 9.59 Å². The van der Waals surface area contributed by atoms with E-state index in [1.165, 1.54) is 57.8 Å². The fraction of sp³-hybridized carbons (Fsp3) is 0.926. The lowest BCUT2D eigenvalue weighted by Gasteiger charge is -2.48. The molecule has 4 nitrogen and oxygen atoms in total. The fourth-order valence-electron chi connectivity index (χ4n) is 5.89. The van der Waals surface area contributed by atoms with Gasteiger partial charge >= 0.3 is 11.9 Å². The molecule has 0 aromatic rings. The highest BCUT2D eigenvalue weighted by Gasteiger charge is 2.60. The van der Waals surface area contributed by atoms with E-state index in [0.29, 0.717) is 25.7 Å². The number of hydrogen-bond donors (Lipinski definition) is 2. The quantitative estimate of drug-likeness (QED) is 0.211. The highest BCUT2D eigenvalue weighted by atomic mass is 16.4. The van der Waals surface area contributed by atoms with Gasteiger partial charge in [0.25, 0.3) is 0 Å². The van der Waals surface area contributed by atoms with Gasteiger partial charge in [-0.05, 0) is 31.6 Å². The lowest BCUT2D eigenvalue weighted by atomic mass is 9.52. The summed E-state index contributed by atoms with van der Waals surface area (Å²) in [5, 5.41) is 20.2. The summed E-state index contributed by atoms with van der Waals surface area (Å²) in [5.74, 6) is -0.937. The van der Waals surface area contributed by atoms with E-state index in [-0.39, 0.29) is 0 Å². The lowest BCUT2D eigenvalue weighted by Crippen LogP contribution is -2.54. The van der Waals surface area contributed by atoms with Crippen molar-refractivity contribution in [1.29, 1.82) is 0 Å². The van der Waals surface area contributed by atoms with E-state index in [1.54, 1.807) is 0 Å². The Morgan fingerprint density at radius 3 is 1.45 bits per heavy atom. The summed E-state index contributed by atoms with van der Waals surface area (Å²) in [6, 6.07) is 0. The molecule has 0 aromatic carbocycles. The van der Waals surface area contributed by atoms with Crippen molar-refractivity contribution in [2.45, 2.75) is 143 Å². The Bertz CT molecular complexity index is 511. The summed E-state index contributed by atoms with van der Waals surface area (Å²) in [4.78, 5) is 24.6. The molecule has 0 heterocycles. The van der Waals surface area contributed by atoms with Gasteiger partial charge in [0, 0.05) is 0 Å². The van der Waals surface area contributed by atoms with Crippen LogP contribution in [0.3, 0.4) is 0 Å². The number of aliphatic carboxylic acids is 2. The minimum absolute atomic E-state index is 0.478. The lowest BCUT2D eigenvalue weighted by molar-refractivity contribution is -0.182. The number of rotatable bonds is 18. The van der Waals surface area contributed by atoms with Crippen molar-refractivity contribution < 1.29 is 19.8 Å². The second-order valence-electron chi connectivity index (χ2n) is 10.6. The minimum Gasteiger partial charge on any atom is -0.481 e. The number of carboxylic acids is 2. The summed E-state index contributed by atoms with van der Waals surface area (Å²) < 4.78 is 0. The molecule has 0 radical (unpaired) electrons. The van der Waals surface area contributed by atoms with Crippen molar-refractivity contribution >= 4 is 11.9 Å². The van der Waals surface area contributed by atoms with E-state index >= 15 is 0 Å². The summed E-state index contributed by atoms with van der Waals surface area (Å²) >= 11 is 0. The molecule has 1 fully saturated rings. The molecular formula is C27H50O4. The SMILES string of the molecule is CCCC1(C(=O)O)CCCCC1(CCCCCCCCCCCCCC(C)C)C(=O)O. The van der Waals surface area contributed by atoms with Gasteiger partial charge in [-0.25, -0.2) is 0 Å². The Kier molecular flexibility index (Phi) is 13.4. The Hall–Kier alpha value is -1.06. The van der Waals surface area contributed by atoms with Crippen LogP contribution in [0, 0.1) is 16.7 Å². The molecule has 0 spiro atoms. The molecule has 0 aliphatic heterocycles. The summed E-state index contributed by atoms with van der Waals surface area (Å²) in [7, 11) is 0. The van der Waals surface area contributed by atoms with Gasteiger partial charge in [-0.1, -0.05) is 117 Å². The second-order valence-corrected chi connectivity index (χ2v) is 10.6. The van der Waals surface area contributed by atoms with Crippen molar-refractivity contribution in [3.63, 3.8) is 0 Å². The molecule has 2 unspecified atom stereocenters. The largest absolute Gasteiger partial charge is 0.481 e. The highest BCUT2D eigenvalue weighted by molar-refractivity contribution is 5.87. The summed E-state index contributed by atoms with van der Waals surface area (Å²) in [6.45, 7) is 6.56. The van der Waals surface area contributed by atoms with Crippen LogP contribution in [-0.4, -0.2) is 22.2 Å². The third-order valence-corrected chi connectivity index (χ3v) is 7.75. The minimum atomic E-state index is -1.08. The standard InChI is InChI=1S/C27H50O4/c1-4-19-26(24(28)29)21-16-17-22-27(26,25(30)31)20-15-13-11-9-7-5-6-8-10-12-14-18-23(2)3/h23H,4-22H2,1-3H3,(H,28,29)(H,30,31). The highest BCUT2D eigenvalue weighted by Crippen LogP contribution is 2.56. The van der Waals surface area contributed by atoms with Crippen LogP contribution in [0.5, 0.6) is 0 Å². The van der Waals surface area contributed by atoms with Crippen molar-refractivity contribution in [2.75, 3.05) is 0 Å². The average Bonchev–Trinajstić information content (AvgIpc) is 2.72. The van der Waals surface area contributed by atoms with Crippen molar-refractivity contribution in [1.82, 2.24) is 0 Å². The van der Waals surface area contributed by atoms with Crippen LogP contribution in [0.4, 0.5) is 0 Å². The van der Waals surface area contributed by atoms with Crippen LogP contribution in [0.2, 0.25) is 0 Å². The molecule has 0 amide bonds. The third kappa shape index (κ3) is 8.42. The first-order valence-corrected chi connectivity index (χ1v) is 13.3. The maximum absolute atomic E-state index is 12.4. The summed E-state index contributed by atoms with van der Waals surface area (Å²) in [5.41, 5.74) is -2.16.